The highest BCUT2D eigenvalue weighted by atomic mass is 19.4. The average Bonchev–Trinajstić information content (AvgIpc) is 2.37. The SMILES string of the molecule is Cc1cccc(C)c1C(=O)c1cnccc1C(F)(F)F. The van der Waals surface area contributed by atoms with Gasteiger partial charge in [0, 0.05) is 18.0 Å². The second-order valence-corrected chi connectivity index (χ2v) is 4.51. The molecule has 2 rings (SSSR count). The Morgan fingerprint density at radius 1 is 1.10 bits per heavy atom. The molecule has 0 aliphatic rings. The lowest BCUT2D eigenvalue weighted by Crippen LogP contribution is -2.15. The number of hydrogen-bond acceptors (Lipinski definition) is 2. The Morgan fingerprint density at radius 2 is 1.70 bits per heavy atom. The molecule has 20 heavy (non-hydrogen) atoms. The predicted molar refractivity (Wildman–Crippen MR) is 68.6 cm³/mol. The number of ketones is 1. The van der Waals surface area contributed by atoms with Gasteiger partial charge in [0.15, 0.2) is 5.78 Å². The van der Waals surface area contributed by atoms with Crippen LogP contribution in [0.2, 0.25) is 0 Å². The first-order valence-corrected chi connectivity index (χ1v) is 5.94. The third-order valence-electron chi connectivity index (χ3n) is 3.08. The Hall–Kier alpha value is -2.17. The van der Waals surface area contributed by atoms with Crippen LogP contribution in [0.1, 0.15) is 32.6 Å². The van der Waals surface area contributed by atoms with Gasteiger partial charge in [-0.1, -0.05) is 18.2 Å². The molecule has 0 saturated heterocycles. The van der Waals surface area contributed by atoms with E-state index in [0.29, 0.717) is 16.7 Å². The zero-order chi connectivity index (χ0) is 14.9. The summed E-state index contributed by atoms with van der Waals surface area (Å²) in [6.07, 6.45) is -2.58. The van der Waals surface area contributed by atoms with Gasteiger partial charge in [-0.3, -0.25) is 9.78 Å². The average molecular weight is 279 g/mol. The van der Waals surface area contributed by atoms with Gasteiger partial charge in [0.05, 0.1) is 11.1 Å². The quantitative estimate of drug-likeness (QED) is 0.779. The molecule has 0 fully saturated rings. The topological polar surface area (TPSA) is 30.0 Å². The minimum absolute atomic E-state index is 0.297. The minimum Gasteiger partial charge on any atom is -0.289 e. The van der Waals surface area contributed by atoms with Gasteiger partial charge in [-0.25, -0.2) is 0 Å². The number of aromatic nitrogens is 1. The molecular formula is C15H12F3NO. The molecule has 0 atom stereocenters. The van der Waals surface area contributed by atoms with Crippen LogP contribution >= 0.6 is 0 Å². The third kappa shape index (κ3) is 2.57. The molecule has 1 heterocycles. The van der Waals surface area contributed by atoms with Crippen LogP contribution in [0.5, 0.6) is 0 Å². The molecule has 2 nitrogen and oxygen atoms in total. The number of pyridine rings is 1. The second kappa shape index (κ2) is 5.07. The number of hydrogen-bond donors (Lipinski definition) is 0. The summed E-state index contributed by atoms with van der Waals surface area (Å²) in [6, 6.07) is 5.98. The van der Waals surface area contributed by atoms with Crippen LogP contribution in [-0.4, -0.2) is 10.8 Å². The number of carbonyl (C=O) groups is 1. The molecular weight excluding hydrogens is 267 g/mol. The number of benzene rings is 1. The van der Waals surface area contributed by atoms with E-state index in [1.54, 1.807) is 32.0 Å². The van der Waals surface area contributed by atoms with Crippen LogP contribution in [0.25, 0.3) is 0 Å². The maximum absolute atomic E-state index is 12.9. The molecule has 1 aromatic carbocycles. The normalized spacial score (nSPS) is 11.4. The van der Waals surface area contributed by atoms with Crippen molar-refractivity contribution in [1.29, 1.82) is 0 Å². The molecule has 5 heteroatoms. The molecule has 0 aliphatic carbocycles. The molecule has 0 saturated carbocycles. The van der Waals surface area contributed by atoms with Crippen molar-refractivity contribution in [3.8, 4) is 0 Å². The maximum atomic E-state index is 12.9. The number of alkyl halides is 3. The van der Waals surface area contributed by atoms with Gasteiger partial charge in [-0.05, 0) is 31.0 Å². The summed E-state index contributed by atoms with van der Waals surface area (Å²) in [6.45, 7) is 3.40. The van der Waals surface area contributed by atoms with E-state index >= 15 is 0 Å². The van der Waals surface area contributed by atoms with Crippen molar-refractivity contribution in [2.45, 2.75) is 20.0 Å². The summed E-state index contributed by atoms with van der Waals surface area (Å²) >= 11 is 0. The lowest BCUT2D eigenvalue weighted by molar-refractivity contribution is -0.137. The molecule has 0 bridgehead atoms. The predicted octanol–water partition coefficient (Wildman–Crippen LogP) is 3.95. The van der Waals surface area contributed by atoms with E-state index in [0.717, 1.165) is 18.5 Å². The van der Waals surface area contributed by atoms with Gasteiger partial charge in [0.1, 0.15) is 0 Å². The van der Waals surface area contributed by atoms with Crippen LogP contribution in [0, 0.1) is 13.8 Å². The molecule has 104 valence electrons. The van der Waals surface area contributed by atoms with Gasteiger partial charge in [0.25, 0.3) is 0 Å². The summed E-state index contributed by atoms with van der Waals surface area (Å²) in [4.78, 5) is 16.1. The lowest BCUT2D eigenvalue weighted by Gasteiger charge is -2.13. The van der Waals surface area contributed by atoms with Gasteiger partial charge in [0.2, 0.25) is 0 Å². The van der Waals surface area contributed by atoms with Crippen molar-refractivity contribution >= 4 is 5.78 Å². The first-order chi connectivity index (χ1) is 9.32. The summed E-state index contributed by atoms with van der Waals surface area (Å²) in [5, 5.41) is 0. The molecule has 0 spiro atoms. The Morgan fingerprint density at radius 3 is 2.25 bits per heavy atom. The van der Waals surface area contributed by atoms with Crippen LogP contribution < -0.4 is 0 Å². The molecule has 0 unspecified atom stereocenters. The minimum atomic E-state index is -4.58. The molecule has 0 N–H and O–H groups in total. The fraction of sp³-hybridized carbons (Fsp3) is 0.200. The molecule has 1 aromatic heterocycles. The van der Waals surface area contributed by atoms with Crippen molar-refractivity contribution in [3.63, 3.8) is 0 Å². The maximum Gasteiger partial charge on any atom is 0.417 e. The number of carbonyl (C=O) groups excluding carboxylic acids is 1. The zero-order valence-corrected chi connectivity index (χ0v) is 11.0. The van der Waals surface area contributed by atoms with E-state index in [9.17, 15) is 18.0 Å². The van der Waals surface area contributed by atoms with Crippen molar-refractivity contribution in [1.82, 2.24) is 4.98 Å². The highest BCUT2D eigenvalue weighted by Crippen LogP contribution is 2.33. The summed E-state index contributed by atoms with van der Waals surface area (Å²) in [5.41, 5.74) is 0.211. The standard InChI is InChI=1S/C15H12F3NO/c1-9-4-3-5-10(2)13(9)14(20)11-8-19-7-6-12(11)15(16,17)18/h3-8H,1-2H3. The fourth-order valence-electron chi connectivity index (χ4n) is 2.13. The van der Waals surface area contributed by atoms with E-state index in [4.69, 9.17) is 0 Å². The van der Waals surface area contributed by atoms with Crippen molar-refractivity contribution in [3.05, 3.63) is 64.5 Å². The molecule has 0 aliphatic heterocycles. The number of nitrogens with zero attached hydrogens (tertiary/aromatic N) is 1. The Kier molecular flexibility index (Phi) is 3.61. The van der Waals surface area contributed by atoms with Gasteiger partial charge < -0.3 is 0 Å². The van der Waals surface area contributed by atoms with Crippen molar-refractivity contribution < 1.29 is 18.0 Å². The summed E-state index contributed by atoms with van der Waals surface area (Å²) in [7, 11) is 0. The monoisotopic (exact) mass is 279 g/mol. The van der Waals surface area contributed by atoms with Crippen LogP contribution in [-0.2, 0) is 6.18 Å². The zero-order valence-electron chi connectivity index (χ0n) is 11.0. The van der Waals surface area contributed by atoms with E-state index in [2.05, 4.69) is 4.98 Å². The van der Waals surface area contributed by atoms with E-state index < -0.39 is 23.1 Å². The molecule has 0 radical (unpaired) electrons. The lowest BCUT2D eigenvalue weighted by atomic mass is 9.93. The van der Waals surface area contributed by atoms with E-state index in [1.807, 2.05) is 0 Å². The summed E-state index contributed by atoms with van der Waals surface area (Å²) < 4.78 is 38.8. The number of aryl methyl sites for hydroxylation is 2. The van der Waals surface area contributed by atoms with Crippen molar-refractivity contribution in [2.24, 2.45) is 0 Å². The van der Waals surface area contributed by atoms with Gasteiger partial charge in [-0.2, -0.15) is 13.2 Å². The smallest absolute Gasteiger partial charge is 0.289 e. The Bertz CT molecular complexity index is 642. The Balaban J connectivity index is 2.61. The molecule has 0 amide bonds. The largest absolute Gasteiger partial charge is 0.417 e. The first kappa shape index (κ1) is 14.2. The van der Waals surface area contributed by atoms with Gasteiger partial charge in [-0.15, -0.1) is 0 Å². The first-order valence-electron chi connectivity index (χ1n) is 5.94. The molecule has 2 aromatic rings. The summed E-state index contributed by atoms with van der Waals surface area (Å²) in [5.74, 6) is -0.652. The second-order valence-electron chi connectivity index (χ2n) is 4.51. The highest BCUT2D eigenvalue weighted by molar-refractivity contribution is 6.11. The van der Waals surface area contributed by atoms with Crippen LogP contribution in [0.3, 0.4) is 0 Å². The highest BCUT2D eigenvalue weighted by Gasteiger charge is 2.35. The number of halogens is 3. The van der Waals surface area contributed by atoms with Crippen LogP contribution in [0.15, 0.2) is 36.7 Å². The third-order valence-corrected chi connectivity index (χ3v) is 3.08. The van der Waals surface area contributed by atoms with E-state index in [1.165, 1.54) is 0 Å². The van der Waals surface area contributed by atoms with Crippen molar-refractivity contribution in [2.75, 3.05) is 0 Å². The van der Waals surface area contributed by atoms with Crippen LogP contribution in [0.4, 0.5) is 13.2 Å². The van der Waals surface area contributed by atoms with E-state index in [-0.39, 0.29) is 0 Å². The Labute approximate surface area is 114 Å². The van der Waals surface area contributed by atoms with Gasteiger partial charge >= 0.3 is 6.18 Å². The fourth-order valence-corrected chi connectivity index (χ4v) is 2.13. The number of rotatable bonds is 2.